The fraction of sp³-hybridized carbons (Fsp3) is 0.273. The second kappa shape index (κ2) is 8.07. The summed E-state index contributed by atoms with van der Waals surface area (Å²) in [5, 5.41) is 0.775. The summed E-state index contributed by atoms with van der Waals surface area (Å²) >= 11 is 6.19. The Labute approximate surface area is 170 Å². The maximum absolute atomic E-state index is 6.19. The summed E-state index contributed by atoms with van der Waals surface area (Å²) in [5.74, 6) is 2.27. The highest BCUT2D eigenvalue weighted by Crippen LogP contribution is 2.28. The van der Waals surface area contributed by atoms with Crippen LogP contribution in [0.4, 0.5) is 11.5 Å². The Kier molecular flexibility index (Phi) is 5.35. The second-order valence-corrected chi connectivity index (χ2v) is 7.42. The summed E-state index contributed by atoms with van der Waals surface area (Å²) < 4.78 is 5.96. The Hall–Kier alpha value is -2.79. The third-order valence-corrected chi connectivity index (χ3v) is 5.29. The van der Waals surface area contributed by atoms with E-state index < -0.39 is 0 Å². The largest absolute Gasteiger partial charge is 0.439 e. The van der Waals surface area contributed by atoms with Crippen LogP contribution in [0.5, 0.6) is 11.6 Å². The lowest BCUT2D eigenvalue weighted by Crippen LogP contribution is -2.47. The summed E-state index contributed by atoms with van der Waals surface area (Å²) in [6.07, 6.45) is 1.57. The highest BCUT2D eigenvalue weighted by molar-refractivity contribution is 6.30. The standard InChI is InChI=1S/C22H23ClN4O/c1-16-7-8-18(23)13-19(16)26-9-11-27(12-10-26)21-14-22(25-15-24-21)28-20-6-4-3-5-17(20)2/h3-8,13-15H,9-12H2,1-2H3. The topological polar surface area (TPSA) is 41.5 Å². The molecule has 0 radical (unpaired) electrons. The molecule has 1 aromatic heterocycles. The van der Waals surface area contributed by atoms with Gasteiger partial charge >= 0.3 is 0 Å². The van der Waals surface area contributed by atoms with E-state index in [1.807, 2.05) is 49.4 Å². The maximum atomic E-state index is 6.19. The zero-order valence-electron chi connectivity index (χ0n) is 16.1. The number of aromatic nitrogens is 2. The maximum Gasteiger partial charge on any atom is 0.224 e. The van der Waals surface area contributed by atoms with E-state index in [2.05, 4.69) is 32.8 Å². The highest BCUT2D eigenvalue weighted by Gasteiger charge is 2.20. The molecule has 5 nitrogen and oxygen atoms in total. The number of anilines is 2. The average Bonchev–Trinajstić information content (AvgIpc) is 2.72. The fourth-order valence-corrected chi connectivity index (χ4v) is 3.61. The van der Waals surface area contributed by atoms with Gasteiger partial charge in [0.25, 0.3) is 0 Å². The molecule has 4 rings (SSSR count). The van der Waals surface area contributed by atoms with E-state index in [4.69, 9.17) is 16.3 Å². The number of hydrogen-bond donors (Lipinski definition) is 0. The first-order valence-electron chi connectivity index (χ1n) is 9.42. The summed E-state index contributed by atoms with van der Waals surface area (Å²) in [7, 11) is 0. The van der Waals surface area contributed by atoms with Gasteiger partial charge in [0.2, 0.25) is 5.88 Å². The van der Waals surface area contributed by atoms with Crippen LogP contribution in [-0.2, 0) is 0 Å². The molecule has 1 fully saturated rings. The van der Waals surface area contributed by atoms with Gasteiger partial charge in [-0.1, -0.05) is 35.9 Å². The number of rotatable bonds is 4. The van der Waals surface area contributed by atoms with Gasteiger partial charge in [-0.15, -0.1) is 0 Å². The van der Waals surface area contributed by atoms with E-state index in [1.54, 1.807) is 6.33 Å². The van der Waals surface area contributed by atoms with Crippen LogP contribution >= 0.6 is 11.6 Å². The van der Waals surface area contributed by atoms with Gasteiger partial charge in [0, 0.05) is 43.0 Å². The van der Waals surface area contributed by atoms with Gasteiger partial charge in [0.15, 0.2) is 0 Å². The molecule has 0 atom stereocenters. The number of aryl methyl sites for hydroxylation is 2. The number of ether oxygens (including phenoxy) is 1. The number of para-hydroxylation sites is 1. The molecule has 0 saturated carbocycles. The Morgan fingerprint density at radius 2 is 1.61 bits per heavy atom. The molecule has 144 valence electrons. The summed E-state index contributed by atoms with van der Waals surface area (Å²) in [5.41, 5.74) is 3.53. The first-order chi connectivity index (χ1) is 13.6. The first kappa shape index (κ1) is 18.6. The molecule has 0 aliphatic carbocycles. The number of halogens is 1. The predicted molar refractivity (Wildman–Crippen MR) is 114 cm³/mol. The van der Waals surface area contributed by atoms with E-state index in [0.717, 1.165) is 48.3 Å². The molecule has 28 heavy (non-hydrogen) atoms. The van der Waals surface area contributed by atoms with E-state index >= 15 is 0 Å². The predicted octanol–water partition coefficient (Wildman–Crippen LogP) is 4.87. The third kappa shape index (κ3) is 4.04. The molecule has 0 amide bonds. The van der Waals surface area contributed by atoms with Crippen LogP contribution in [0.3, 0.4) is 0 Å². The number of benzene rings is 2. The minimum atomic E-state index is 0.562. The molecule has 0 unspecified atom stereocenters. The number of piperazine rings is 1. The van der Waals surface area contributed by atoms with Crippen LogP contribution in [0.15, 0.2) is 54.9 Å². The molecule has 2 heterocycles. The van der Waals surface area contributed by atoms with Crippen LogP contribution in [0.1, 0.15) is 11.1 Å². The minimum absolute atomic E-state index is 0.562. The fourth-order valence-electron chi connectivity index (χ4n) is 3.44. The van der Waals surface area contributed by atoms with Crippen molar-refractivity contribution in [2.75, 3.05) is 36.0 Å². The van der Waals surface area contributed by atoms with Crippen LogP contribution in [0.2, 0.25) is 5.02 Å². The monoisotopic (exact) mass is 394 g/mol. The van der Waals surface area contributed by atoms with Gasteiger partial charge in [0.05, 0.1) is 0 Å². The Morgan fingerprint density at radius 3 is 2.39 bits per heavy atom. The van der Waals surface area contributed by atoms with Crippen molar-refractivity contribution >= 4 is 23.1 Å². The zero-order chi connectivity index (χ0) is 19.5. The second-order valence-electron chi connectivity index (χ2n) is 6.99. The van der Waals surface area contributed by atoms with E-state index in [0.29, 0.717) is 5.88 Å². The van der Waals surface area contributed by atoms with Gasteiger partial charge in [-0.2, -0.15) is 0 Å². The summed E-state index contributed by atoms with van der Waals surface area (Å²) in [4.78, 5) is 13.4. The SMILES string of the molecule is Cc1ccccc1Oc1cc(N2CCN(c3cc(Cl)ccc3C)CC2)ncn1. The Morgan fingerprint density at radius 1 is 0.857 bits per heavy atom. The zero-order valence-corrected chi connectivity index (χ0v) is 16.9. The summed E-state index contributed by atoms with van der Waals surface area (Å²) in [6.45, 7) is 7.74. The lowest BCUT2D eigenvalue weighted by molar-refractivity contribution is 0.457. The van der Waals surface area contributed by atoms with Crippen LogP contribution in [-0.4, -0.2) is 36.1 Å². The van der Waals surface area contributed by atoms with Crippen molar-refractivity contribution < 1.29 is 4.74 Å². The Balaban J connectivity index is 1.45. The van der Waals surface area contributed by atoms with Crippen molar-refractivity contribution in [3.05, 3.63) is 71.0 Å². The molecule has 1 aliphatic heterocycles. The molecule has 2 aromatic carbocycles. The smallest absolute Gasteiger partial charge is 0.224 e. The third-order valence-electron chi connectivity index (χ3n) is 5.05. The lowest BCUT2D eigenvalue weighted by Gasteiger charge is -2.37. The molecule has 3 aromatic rings. The van der Waals surface area contributed by atoms with Gasteiger partial charge < -0.3 is 14.5 Å². The van der Waals surface area contributed by atoms with E-state index in [9.17, 15) is 0 Å². The van der Waals surface area contributed by atoms with Gasteiger partial charge in [-0.3, -0.25) is 0 Å². The van der Waals surface area contributed by atoms with E-state index in [-0.39, 0.29) is 0 Å². The van der Waals surface area contributed by atoms with Gasteiger partial charge in [-0.25, -0.2) is 9.97 Å². The minimum Gasteiger partial charge on any atom is -0.439 e. The van der Waals surface area contributed by atoms with Gasteiger partial charge in [-0.05, 0) is 43.2 Å². The quantitative estimate of drug-likeness (QED) is 0.631. The lowest BCUT2D eigenvalue weighted by atomic mass is 10.1. The van der Waals surface area contributed by atoms with Crippen LogP contribution in [0, 0.1) is 13.8 Å². The number of hydrogen-bond acceptors (Lipinski definition) is 5. The Bertz CT molecular complexity index is 970. The van der Waals surface area contributed by atoms with Crippen molar-refractivity contribution in [2.45, 2.75) is 13.8 Å². The molecule has 0 N–H and O–H groups in total. The van der Waals surface area contributed by atoms with Crippen molar-refractivity contribution in [3.63, 3.8) is 0 Å². The van der Waals surface area contributed by atoms with Crippen LogP contribution < -0.4 is 14.5 Å². The van der Waals surface area contributed by atoms with E-state index in [1.165, 1.54) is 11.3 Å². The molecule has 0 spiro atoms. The van der Waals surface area contributed by atoms with Crippen molar-refractivity contribution in [1.82, 2.24) is 9.97 Å². The molecule has 1 saturated heterocycles. The molecule has 6 heteroatoms. The summed E-state index contributed by atoms with van der Waals surface area (Å²) in [6, 6.07) is 15.9. The molecule has 1 aliphatic rings. The normalized spacial score (nSPS) is 14.2. The average molecular weight is 395 g/mol. The molecular weight excluding hydrogens is 372 g/mol. The van der Waals surface area contributed by atoms with Gasteiger partial charge in [0.1, 0.15) is 17.9 Å². The molecule has 0 bridgehead atoms. The van der Waals surface area contributed by atoms with Crippen molar-refractivity contribution in [1.29, 1.82) is 0 Å². The van der Waals surface area contributed by atoms with Crippen molar-refractivity contribution in [3.8, 4) is 11.6 Å². The van der Waals surface area contributed by atoms with Crippen molar-refractivity contribution in [2.24, 2.45) is 0 Å². The van der Waals surface area contributed by atoms with Crippen LogP contribution in [0.25, 0.3) is 0 Å². The highest BCUT2D eigenvalue weighted by atomic mass is 35.5. The first-order valence-corrected chi connectivity index (χ1v) is 9.79. The molecular formula is C22H23ClN4O. The number of nitrogens with zero attached hydrogens (tertiary/aromatic N) is 4.